The lowest BCUT2D eigenvalue weighted by atomic mass is 9.82. The summed E-state index contributed by atoms with van der Waals surface area (Å²) >= 11 is 0. The van der Waals surface area contributed by atoms with Crippen molar-refractivity contribution in [3.8, 4) is 0 Å². The largest absolute Gasteiger partial charge is 0.389 e. The number of carbonyl (C=O) groups is 2. The maximum absolute atomic E-state index is 12.0. The fourth-order valence-electron chi connectivity index (χ4n) is 2.53. The fraction of sp³-hybridized carbons (Fsp3) is 0.857. The molecule has 0 heterocycles. The molecule has 0 aliphatic heterocycles. The number of aliphatic hydroxyl groups excluding tert-OH is 1. The van der Waals surface area contributed by atoms with Crippen molar-refractivity contribution in [3.63, 3.8) is 0 Å². The van der Waals surface area contributed by atoms with Crippen molar-refractivity contribution in [3.05, 3.63) is 0 Å². The predicted molar refractivity (Wildman–Crippen MR) is 75.0 cm³/mol. The summed E-state index contributed by atoms with van der Waals surface area (Å²) in [5.74, 6) is -0.460. The Morgan fingerprint density at radius 2 is 1.90 bits per heavy atom. The van der Waals surface area contributed by atoms with Crippen LogP contribution in [0.5, 0.6) is 0 Å². The Hall–Kier alpha value is -1.14. The predicted octanol–water partition coefficient (Wildman–Crippen LogP) is 0.0287. The van der Waals surface area contributed by atoms with E-state index >= 15 is 0 Å². The molecule has 1 fully saturated rings. The average Bonchev–Trinajstić information content (AvgIpc) is 2.43. The quantitative estimate of drug-likeness (QED) is 0.576. The number of aliphatic hydroxyl groups is 2. The van der Waals surface area contributed by atoms with Crippen LogP contribution in [0.1, 0.15) is 44.9 Å². The van der Waals surface area contributed by atoms with Crippen molar-refractivity contribution >= 4 is 11.8 Å². The Morgan fingerprint density at radius 3 is 2.50 bits per heavy atom. The van der Waals surface area contributed by atoms with E-state index in [4.69, 9.17) is 5.11 Å². The number of amides is 2. The Bertz CT molecular complexity index is 327. The zero-order chi connectivity index (χ0) is 15.0. The van der Waals surface area contributed by atoms with E-state index in [1.54, 1.807) is 11.9 Å². The first kappa shape index (κ1) is 16.9. The number of nitrogens with one attached hydrogen (secondary N) is 1. The van der Waals surface area contributed by atoms with Gasteiger partial charge in [-0.25, -0.2) is 0 Å². The van der Waals surface area contributed by atoms with E-state index in [1.807, 2.05) is 0 Å². The van der Waals surface area contributed by atoms with Gasteiger partial charge in [0.1, 0.15) is 6.61 Å². The zero-order valence-corrected chi connectivity index (χ0v) is 12.2. The summed E-state index contributed by atoms with van der Waals surface area (Å²) < 4.78 is 0. The van der Waals surface area contributed by atoms with Gasteiger partial charge in [0.05, 0.1) is 12.0 Å². The standard InChI is InChI=1S/C14H26N2O4/c1-16(9-5-8-15-12(18)11-17)13(19)10-14(20)6-3-2-4-7-14/h17,20H,2-11H2,1H3,(H,15,18). The molecule has 1 aliphatic carbocycles. The first-order chi connectivity index (χ1) is 9.47. The topological polar surface area (TPSA) is 89.9 Å². The minimum absolute atomic E-state index is 0.0529. The highest BCUT2D eigenvalue weighted by Crippen LogP contribution is 2.31. The summed E-state index contributed by atoms with van der Waals surface area (Å²) in [6.45, 7) is 0.448. The van der Waals surface area contributed by atoms with Gasteiger partial charge in [-0.3, -0.25) is 9.59 Å². The highest BCUT2D eigenvalue weighted by Gasteiger charge is 2.32. The van der Waals surface area contributed by atoms with Crippen molar-refractivity contribution < 1.29 is 19.8 Å². The lowest BCUT2D eigenvalue weighted by Gasteiger charge is -2.32. The zero-order valence-electron chi connectivity index (χ0n) is 12.2. The van der Waals surface area contributed by atoms with Crippen LogP contribution in [0.2, 0.25) is 0 Å². The first-order valence-corrected chi connectivity index (χ1v) is 7.31. The van der Waals surface area contributed by atoms with Crippen LogP contribution in [0.3, 0.4) is 0 Å². The van der Waals surface area contributed by atoms with E-state index < -0.39 is 18.1 Å². The van der Waals surface area contributed by atoms with Crippen LogP contribution >= 0.6 is 0 Å². The Balaban J connectivity index is 2.23. The molecule has 0 unspecified atom stereocenters. The van der Waals surface area contributed by atoms with Gasteiger partial charge in [0.25, 0.3) is 0 Å². The minimum atomic E-state index is -0.825. The monoisotopic (exact) mass is 286 g/mol. The molecule has 116 valence electrons. The Labute approximate surface area is 120 Å². The maximum Gasteiger partial charge on any atom is 0.245 e. The van der Waals surface area contributed by atoms with Crippen LogP contribution in [0, 0.1) is 0 Å². The molecule has 2 amide bonds. The van der Waals surface area contributed by atoms with Crippen molar-refractivity contribution in [1.29, 1.82) is 0 Å². The smallest absolute Gasteiger partial charge is 0.245 e. The fourth-order valence-corrected chi connectivity index (χ4v) is 2.53. The Kier molecular flexibility index (Phi) is 6.95. The SMILES string of the molecule is CN(CCCNC(=O)CO)C(=O)CC1(O)CCCCC1. The van der Waals surface area contributed by atoms with Gasteiger partial charge in [-0.05, 0) is 19.3 Å². The molecule has 3 N–H and O–H groups in total. The summed E-state index contributed by atoms with van der Waals surface area (Å²) in [6, 6.07) is 0. The van der Waals surface area contributed by atoms with Crippen molar-refractivity contribution in [1.82, 2.24) is 10.2 Å². The third-order valence-corrected chi connectivity index (χ3v) is 3.83. The molecular formula is C14H26N2O4. The molecule has 6 heteroatoms. The van der Waals surface area contributed by atoms with E-state index in [2.05, 4.69) is 5.32 Å². The van der Waals surface area contributed by atoms with Crippen LogP contribution in [-0.4, -0.2) is 59.3 Å². The van der Waals surface area contributed by atoms with Gasteiger partial charge in [-0.1, -0.05) is 19.3 Å². The maximum atomic E-state index is 12.0. The first-order valence-electron chi connectivity index (χ1n) is 7.31. The highest BCUT2D eigenvalue weighted by molar-refractivity contribution is 5.77. The molecule has 0 spiro atoms. The summed E-state index contributed by atoms with van der Waals surface area (Å²) in [5.41, 5.74) is -0.825. The summed E-state index contributed by atoms with van der Waals surface area (Å²) in [4.78, 5) is 24.5. The van der Waals surface area contributed by atoms with Gasteiger partial charge in [-0.15, -0.1) is 0 Å². The molecule has 0 bridgehead atoms. The molecule has 0 aromatic heterocycles. The number of carbonyl (C=O) groups excluding carboxylic acids is 2. The van der Waals surface area contributed by atoms with Crippen molar-refractivity contribution in [2.24, 2.45) is 0 Å². The average molecular weight is 286 g/mol. The summed E-state index contributed by atoms with van der Waals surface area (Å²) in [5, 5.41) is 21.4. The van der Waals surface area contributed by atoms with E-state index in [-0.39, 0.29) is 12.3 Å². The van der Waals surface area contributed by atoms with Gasteiger partial charge < -0.3 is 20.4 Å². The minimum Gasteiger partial charge on any atom is -0.389 e. The van der Waals surface area contributed by atoms with Crippen LogP contribution in [0.4, 0.5) is 0 Å². The molecule has 6 nitrogen and oxygen atoms in total. The molecular weight excluding hydrogens is 260 g/mol. The third kappa shape index (κ3) is 5.88. The number of hydrogen-bond donors (Lipinski definition) is 3. The van der Waals surface area contributed by atoms with Gasteiger partial charge in [0.2, 0.25) is 11.8 Å². The van der Waals surface area contributed by atoms with Gasteiger partial charge in [0.15, 0.2) is 0 Å². The van der Waals surface area contributed by atoms with E-state index in [1.165, 1.54) is 0 Å². The van der Waals surface area contributed by atoms with E-state index in [0.717, 1.165) is 19.3 Å². The van der Waals surface area contributed by atoms with E-state index in [9.17, 15) is 14.7 Å². The molecule has 0 radical (unpaired) electrons. The lowest BCUT2D eigenvalue weighted by Crippen LogP contribution is -2.40. The second-order valence-electron chi connectivity index (χ2n) is 5.64. The molecule has 0 atom stereocenters. The van der Waals surface area contributed by atoms with E-state index in [0.29, 0.717) is 32.4 Å². The summed E-state index contributed by atoms with van der Waals surface area (Å²) in [7, 11) is 1.71. The second-order valence-corrected chi connectivity index (χ2v) is 5.64. The van der Waals surface area contributed by atoms with Gasteiger partial charge in [0, 0.05) is 20.1 Å². The van der Waals surface area contributed by atoms with Crippen LogP contribution in [0.15, 0.2) is 0 Å². The Morgan fingerprint density at radius 1 is 1.25 bits per heavy atom. The molecule has 1 saturated carbocycles. The normalized spacial score (nSPS) is 17.6. The lowest BCUT2D eigenvalue weighted by molar-refractivity contribution is -0.136. The molecule has 1 aliphatic rings. The molecule has 0 aromatic rings. The van der Waals surface area contributed by atoms with Crippen LogP contribution in [0.25, 0.3) is 0 Å². The van der Waals surface area contributed by atoms with Gasteiger partial charge >= 0.3 is 0 Å². The van der Waals surface area contributed by atoms with Crippen molar-refractivity contribution in [2.45, 2.75) is 50.5 Å². The third-order valence-electron chi connectivity index (χ3n) is 3.83. The summed E-state index contributed by atoms with van der Waals surface area (Å²) in [6.07, 6.45) is 5.34. The number of nitrogens with zero attached hydrogens (tertiary/aromatic N) is 1. The number of rotatable bonds is 7. The molecule has 0 saturated heterocycles. The van der Waals surface area contributed by atoms with Crippen molar-refractivity contribution in [2.75, 3.05) is 26.7 Å². The highest BCUT2D eigenvalue weighted by atomic mass is 16.3. The van der Waals surface area contributed by atoms with Crippen LogP contribution in [-0.2, 0) is 9.59 Å². The molecule has 0 aromatic carbocycles. The second kappa shape index (κ2) is 8.21. The molecule has 1 rings (SSSR count). The van der Waals surface area contributed by atoms with Crippen LogP contribution < -0.4 is 5.32 Å². The molecule has 20 heavy (non-hydrogen) atoms. The van der Waals surface area contributed by atoms with Gasteiger partial charge in [-0.2, -0.15) is 0 Å². The number of hydrogen-bond acceptors (Lipinski definition) is 4.